The molecule has 9 nitrogen and oxygen atoms in total. The highest BCUT2D eigenvalue weighted by Gasteiger charge is 2.15. The number of urea groups is 1. The molecule has 0 saturated heterocycles. The number of methoxy groups -OCH3 is 1. The first-order chi connectivity index (χ1) is 14.2. The van der Waals surface area contributed by atoms with Crippen LogP contribution in [0.3, 0.4) is 0 Å². The van der Waals surface area contributed by atoms with Crippen molar-refractivity contribution in [1.82, 2.24) is 30.2 Å². The minimum absolute atomic E-state index is 0.329. The Morgan fingerprint density at radius 1 is 1.17 bits per heavy atom. The fourth-order valence-electron chi connectivity index (χ4n) is 2.98. The van der Waals surface area contributed by atoms with E-state index >= 15 is 0 Å². The van der Waals surface area contributed by atoms with Gasteiger partial charge in [0.05, 0.1) is 23.8 Å². The molecular formula is C20H19N7O2. The van der Waals surface area contributed by atoms with Crippen molar-refractivity contribution in [2.45, 2.75) is 6.92 Å². The lowest BCUT2D eigenvalue weighted by Gasteiger charge is -2.08. The van der Waals surface area contributed by atoms with Crippen LogP contribution in [0.5, 0.6) is 5.75 Å². The maximum absolute atomic E-state index is 11.9. The number of H-pyrrole nitrogens is 1. The SMILES string of the molecule is CCNC(=O)Nc1nc2c(-c3cc(OC)ccn3)cc(-c3cncnc3)cc2[nH]1. The molecule has 146 valence electrons. The average Bonchev–Trinajstić information content (AvgIpc) is 3.16. The van der Waals surface area contributed by atoms with Gasteiger partial charge in [0.2, 0.25) is 5.95 Å². The van der Waals surface area contributed by atoms with E-state index in [1.165, 1.54) is 6.33 Å². The van der Waals surface area contributed by atoms with Gasteiger partial charge in [0.1, 0.15) is 12.1 Å². The Morgan fingerprint density at radius 3 is 2.76 bits per heavy atom. The van der Waals surface area contributed by atoms with Crippen molar-refractivity contribution in [3.63, 3.8) is 0 Å². The van der Waals surface area contributed by atoms with E-state index in [9.17, 15) is 4.79 Å². The summed E-state index contributed by atoms with van der Waals surface area (Å²) in [7, 11) is 1.61. The first-order valence-corrected chi connectivity index (χ1v) is 9.02. The number of carbonyl (C=O) groups excluding carboxylic acids is 1. The third-order valence-electron chi connectivity index (χ3n) is 4.29. The van der Waals surface area contributed by atoms with Gasteiger partial charge in [0.15, 0.2) is 0 Å². The van der Waals surface area contributed by atoms with E-state index in [1.54, 1.807) is 31.8 Å². The van der Waals surface area contributed by atoms with E-state index in [-0.39, 0.29) is 6.03 Å². The molecular weight excluding hydrogens is 370 g/mol. The molecule has 0 unspecified atom stereocenters. The van der Waals surface area contributed by atoms with Crippen molar-refractivity contribution in [2.24, 2.45) is 0 Å². The number of ether oxygens (including phenoxy) is 1. The van der Waals surface area contributed by atoms with Crippen LogP contribution in [0.1, 0.15) is 6.92 Å². The molecule has 0 aliphatic rings. The monoisotopic (exact) mass is 389 g/mol. The number of aromatic amines is 1. The lowest BCUT2D eigenvalue weighted by molar-refractivity contribution is 0.252. The summed E-state index contributed by atoms with van der Waals surface area (Å²) in [6, 6.07) is 7.20. The summed E-state index contributed by atoms with van der Waals surface area (Å²) < 4.78 is 5.33. The van der Waals surface area contributed by atoms with Gasteiger partial charge in [-0.25, -0.2) is 19.7 Å². The van der Waals surface area contributed by atoms with Gasteiger partial charge in [-0.2, -0.15) is 0 Å². The number of pyridine rings is 1. The molecule has 3 N–H and O–H groups in total. The van der Waals surface area contributed by atoms with Crippen LogP contribution in [-0.2, 0) is 0 Å². The zero-order valence-corrected chi connectivity index (χ0v) is 15.9. The molecule has 2 amide bonds. The second-order valence-electron chi connectivity index (χ2n) is 6.20. The Kier molecular flexibility index (Phi) is 5.02. The van der Waals surface area contributed by atoms with Gasteiger partial charge in [-0.05, 0) is 30.7 Å². The van der Waals surface area contributed by atoms with Gasteiger partial charge in [-0.15, -0.1) is 0 Å². The molecule has 0 aliphatic carbocycles. The summed E-state index contributed by atoms with van der Waals surface area (Å²) in [6.45, 7) is 2.36. The number of nitrogens with one attached hydrogen (secondary N) is 3. The number of hydrogen-bond donors (Lipinski definition) is 3. The van der Waals surface area contributed by atoms with Crippen molar-refractivity contribution >= 4 is 23.0 Å². The van der Waals surface area contributed by atoms with E-state index in [2.05, 4.69) is 35.6 Å². The number of hydrogen-bond acceptors (Lipinski definition) is 6. The first kappa shape index (κ1) is 18.4. The predicted octanol–water partition coefficient (Wildman–Crippen LogP) is 3.23. The van der Waals surface area contributed by atoms with Crippen molar-refractivity contribution in [1.29, 1.82) is 0 Å². The van der Waals surface area contributed by atoms with Crippen molar-refractivity contribution in [3.05, 3.63) is 49.2 Å². The number of anilines is 1. The molecule has 29 heavy (non-hydrogen) atoms. The molecule has 4 aromatic rings. The Bertz CT molecular complexity index is 1160. The number of nitrogens with zero attached hydrogens (tertiary/aromatic N) is 4. The average molecular weight is 389 g/mol. The minimum Gasteiger partial charge on any atom is -0.497 e. The highest BCUT2D eigenvalue weighted by atomic mass is 16.5. The normalized spacial score (nSPS) is 10.7. The van der Waals surface area contributed by atoms with Crippen molar-refractivity contribution in [3.8, 4) is 28.1 Å². The predicted molar refractivity (Wildman–Crippen MR) is 110 cm³/mol. The Morgan fingerprint density at radius 2 is 2.00 bits per heavy atom. The standard InChI is InChI=1S/C20H19N7O2/c1-3-23-20(28)27-19-25-17-7-12(13-9-21-11-22-10-13)6-15(18(17)26-19)16-8-14(29-2)4-5-24-16/h4-11H,3H2,1-2H3,(H3,23,25,26,27,28). The van der Waals surface area contributed by atoms with Crippen molar-refractivity contribution < 1.29 is 9.53 Å². The van der Waals surface area contributed by atoms with Crippen LogP contribution in [0.4, 0.5) is 10.7 Å². The lowest BCUT2D eigenvalue weighted by atomic mass is 10.0. The molecule has 0 fully saturated rings. The van der Waals surface area contributed by atoms with E-state index in [0.717, 1.165) is 22.2 Å². The summed E-state index contributed by atoms with van der Waals surface area (Å²) in [6.07, 6.45) is 6.64. The number of aromatic nitrogens is 5. The highest BCUT2D eigenvalue weighted by Crippen LogP contribution is 2.33. The van der Waals surface area contributed by atoms with E-state index < -0.39 is 0 Å². The fraction of sp³-hybridized carbons (Fsp3) is 0.150. The number of amides is 2. The smallest absolute Gasteiger partial charge is 0.321 e. The third-order valence-corrected chi connectivity index (χ3v) is 4.29. The first-order valence-electron chi connectivity index (χ1n) is 9.02. The molecule has 0 spiro atoms. The maximum Gasteiger partial charge on any atom is 0.321 e. The Labute approximate surface area is 166 Å². The molecule has 9 heteroatoms. The van der Waals surface area contributed by atoms with Gasteiger partial charge in [0.25, 0.3) is 0 Å². The number of imidazole rings is 1. The molecule has 0 saturated carbocycles. The number of fused-ring (bicyclic) bond motifs is 1. The second-order valence-corrected chi connectivity index (χ2v) is 6.20. The summed E-state index contributed by atoms with van der Waals surface area (Å²) in [4.78, 5) is 32.3. The highest BCUT2D eigenvalue weighted by molar-refractivity contribution is 5.98. The van der Waals surface area contributed by atoms with Gasteiger partial charge in [0, 0.05) is 42.3 Å². The van der Waals surface area contributed by atoms with Gasteiger partial charge in [-0.3, -0.25) is 10.3 Å². The summed E-state index contributed by atoms with van der Waals surface area (Å²) in [5, 5.41) is 5.39. The van der Waals surface area contributed by atoms with Crippen LogP contribution in [0.25, 0.3) is 33.4 Å². The zero-order valence-electron chi connectivity index (χ0n) is 15.9. The van der Waals surface area contributed by atoms with Crippen LogP contribution < -0.4 is 15.4 Å². The zero-order chi connectivity index (χ0) is 20.2. The topological polar surface area (TPSA) is 118 Å². The molecule has 3 heterocycles. The van der Waals surface area contributed by atoms with Crippen LogP contribution >= 0.6 is 0 Å². The summed E-state index contributed by atoms with van der Waals surface area (Å²) >= 11 is 0. The number of rotatable bonds is 5. The van der Waals surface area contributed by atoms with E-state index in [1.807, 2.05) is 25.1 Å². The molecule has 0 bridgehead atoms. The van der Waals surface area contributed by atoms with Gasteiger partial charge >= 0.3 is 6.03 Å². The van der Waals surface area contributed by atoms with Gasteiger partial charge in [-0.1, -0.05) is 0 Å². The van der Waals surface area contributed by atoms with Crippen LogP contribution in [0, 0.1) is 0 Å². The largest absolute Gasteiger partial charge is 0.497 e. The minimum atomic E-state index is -0.329. The van der Waals surface area contributed by atoms with Crippen LogP contribution in [-0.4, -0.2) is 44.6 Å². The van der Waals surface area contributed by atoms with Crippen molar-refractivity contribution in [2.75, 3.05) is 19.0 Å². The van der Waals surface area contributed by atoms with Crippen LogP contribution in [0.2, 0.25) is 0 Å². The Hall–Kier alpha value is -4.01. The summed E-state index contributed by atoms with van der Waals surface area (Å²) in [5.41, 5.74) is 4.66. The molecule has 3 aromatic heterocycles. The van der Waals surface area contributed by atoms with E-state index in [0.29, 0.717) is 29.5 Å². The molecule has 1 aromatic carbocycles. The quantitative estimate of drug-likeness (QED) is 0.482. The molecule has 4 rings (SSSR count). The fourth-order valence-corrected chi connectivity index (χ4v) is 2.98. The molecule has 0 radical (unpaired) electrons. The second kappa shape index (κ2) is 7.93. The van der Waals surface area contributed by atoms with Crippen LogP contribution in [0.15, 0.2) is 49.2 Å². The molecule has 0 atom stereocenters. The maximum atomic E-state index is 11.9. The summed E-state index contributed by atoms with van der Waals surface area (Å²) in [5.74, 6) is 1.03. The lowest BCUT2D eigenvalue weighted by Crippen LogP contribution is -2.28. The number of carbonyl (C=O) groups is 1. The van der Waals surface area contributed by atoms with E-state index in [4.69, 9.17) is 4.74 Å². The number of benzene rings is 1. The Balaban J connectivity index is 1.88. The third kappa shape index (κ3) is 3.84. The van der Waals surface area contributed by atoms with Gasteiger partial charge < -0.3 is 15.0 Å². The molecule has 0 aliphatic heterocycles.